The maximum atomic E-state index is 11.9. The van der Waals surface area contributed by atoms with E-state index in [4.69, 9.17) is 5.26 Å². The molecule has 2 rings (SSSR count). The minimum atomic E-state index is -0.173. The Kier molecular flexibility index (Phi) is 3.75. The molecule has 19 heavy (non-hydrogen) atoms. The van der Waals surface area contributed by atoms with Crippen molar-refractivity contribution in [3.63, 3.8) is 0 Å². The van der Waals surface area contributed by atoms with Crippen molar-refractivity contribution in [1.82, 2.24) is 0 Å². The number of phenols is 1. The molecule has 2 aromatic carbocycles. The van der Waals surface area contributed by atoms with Gasteiger partial charge in [0.2, 0.25) is 0 Å². The Hall–Kier alpha value is -2.86. The Morgan fingerprint density at radius 1 is 1.11 bits per heavy atom. The van der Waals surface area contributed by atoms with E-state index in [9.17, 15) is 9.90 Å². The summed E-state index contributed by atoms with van der Waals surface area (Å²) in [7, 11) is 0. The van der Waals surface area contributed by atoms with Crippen LogP contribution >= 0.6 is 0 Å². The molecule has 0 aromatic heterocycles. The van der Waals surface area contributed by atoms with E-state index in [-0.39, 0.29) is 11.5 Å². The number of carbonyl (C=O) groups is 1. The average Bonchev–Trinajstić information content (AvgIpc) is 2.46. The quantitative estimate of drug-likeness (QED) is 0.671. The summed E-state index contributed by atoms with van der Waals surface area (Å²) in [6, 6.07) is 15.2. The molecule has 0 fully saturated rings. The molecule has 0 spiro atoms. The van der Waals surface area contributed by atoms with Gasteiger partial charge < -0.3 is 5.11 Å². The first-order valence-corrected chi connectivity index (χ1v) is 5.71. The summed E-state index contributed by atoms with van der Waals surface area (Å²) < 4.78 is 0. The Morgan fingerprint density at radius 2 is 1.79 bits per heavy atom. The predicted octanol–water partition coefficient (Wildman–Crippen LogP) is 3.16. The number of benzene rings is 2. The zero-order valence-corrected chi connectivity index (χ0v) is 10.1. The number of phenolic OH excluding ortho intramolecular Hbond substituents is 1. The van der Waals surface area contributed by atoms with Gasteiger partial charge in [0.1, 0.15) is 5.75 Å². The van der Waals surface area contributed by atoms with Crippen molar-refractivity contribution in [2.75, 3.05) is 0 Å². The second-order valence-corrected chi connectivity index (χ2v) is 3.95. The SMILES string of the molecule is N#Cc1ccc(C(=O)C=Cc2ccccc2O)cc1. The molecule has 3 nitrogen and oxygen atoms in total. The summed E-state index contributed by atoms with van der Waals surface area (Å²) in [4.78, 5) is 11.9. The van der Waals surface area contributed by atoms with Gasteiger partial charge in [-0.1, -0.05) is 18.2 Å². The number of carbonyl (C=O) groups excluding carboxylic acids is 1. The maximum absolute atomic E-state index is 11.9. The van der Waals surface area contributed by atoms with Crippen LogP contribution in [0.5, 0.6) is 5.75 Å². The molecular formula is C16H11NO2. The smallest absolute Gasteiger partial charge is 0.185 e. The number of ketones is 1. The average molecular weight is 249 g/mol. The van der Waals surface area contributed by atoms with E-state index in [2.05, 4.69) is 0 Å². The lowest BCUT2D eigenvalue weighted by Crippen LogP contribution is -1.93. The van der Waals surface area contributed by atoms with Crippen molar-refractivity contribution in [1.29, 1.82) is 5.26 Å². The van der Waals surface area contributed by atoms with Crippen LogP contribution in [0, 0.1) is 11.3 Å². The standard InChI is InChI=1S/C16H11NO2/c17-11-12-5-7-14(8-6-12)16(19)10-9-13-3-1-2-4-15(13)18/h1-10,18H. The van der Waals surface area contributed by atoms with E-state index in [1.165, 1.54) is 6.08 Å². The fourth-order valence-electron chi connectivity index (χ4n) is 1.60. The number of hydrogen-bond acceptors (Lipinski definition) is 3. The molecule has 0 heterocycles. The number of hydrogen-bond donors (Lipinski definition) is 1. The van der Waals surface area contributed by atoms with Crippen molar-refractivity contribution in [3.8, 4) is 11.8 Å². The Labute approximate surface area is 111 Å². The first-order valence-electron chi connectivity index (χ1n) is 5.71. The van der Waals surface area contributed by atoms with Gasteiger partial charge in [-0.05, 0) is 42.5 Å². The normalized spacial score (nSPS) is 10.3. The van der Waals surface area contributed by atoms with E-state index < -0.39 is 0 Å². The van der Waals surface area contributed by atoms with Crippen LogP contribution in [0.2, 0.25) is 0 Å². The molecule has 0 radical (unpaired) electrons. The van der Waals surface area contributed by atoms with Crippen LogP contribution in [0.15, 0.2) is 54.6 Å². The number of para-hydroxylation sites is 1. The van der Waals surface area contributed by atoms with Gasteiger partial charge in [-0.3, -0.25) is 4.79 Å². The van der Waals surface area contributed by atoms with Gasteiger partial charge in [0.05, 0.1) is 11.6 Å². The van der Waals surface area contributed by atoms with Crippen LogP contribution in [0.4, 0.5) is 0 Å². The summed E-state index contributed by atoms with van der Waals surface area (Å²) >= 11 is 0. The molecule has 0 amide bonds. The van der Waals surface area contributed by atoms with Crippen molar-refractivity contribution in [3.05, 3.63) is 71.3 Å². The number of allylic oxidation sites excluding steroid dienone is 1. The van der Waals surface area contributed by atoms with Crippen LogP contribution in [0.3, 0.4) is 0 Å². The molecule has 0 aliphatic carbocycles. The molecule has 1 N–H and O–H groups in total. The first-order chi connectivity index (χ1) is 9.20. The molecule has 0 saturated heterocycles. The monoisotopic (exact) mass is 249 g/mol. The predicted molar refractivity (Wildman–Crippen MR) is 72.6 cm³/mol. The van der Waals surface area contributed by atoms with Crippen molar-refractivity contribution in [2.45, 2.75) is 0 Å². The van der Waals surface area contributed by atoms with E-state index in [1.807, 2.05) is 6.07 Å². The zero-order chi connectivity index (χ0) is 13.7. The third-order valence-corrected chi connectivity index (χ3v) is 2.65. The third kappa shape index (κ3) is 3.08. The second-order valence-electron chi connectivity index (χ2n) is 3.95. The van der Waals surface area contributed by atoms with Crippen LogP contribution in [0.1, 0.15) is 21.5 Å². The van der Waals surface area contributed by atoms with Crippen molar-refractivity contribution in [2.24, 2.45) is 0 Å². The molecule has 0 unspecified atom stereocenters. The molecule has 0 aliphatic heterocycles. The highest BCUT2D eigenvalue weighted by molar-refractivity contribution is 6.06. The van der Waals surface area contributed by atoms with E-state index in [1.54, 1.807) is 54.6 Å². The molecule has 0 saturated carbocycles. The summed E-state index contributed by atoms with van der Waals surface area (Å²) in [5.74, 6) is -0.0425. The highest BCUT2D eigenvalue weighted by atomic mass is 16.3. The summed E-state index contributed by atoms with van der Waals surface area (Å²) in [6.45, 7) is 0. The summed E-state index contributed by atoms with van der Waals surface area (Å²) in [5, 5.41) is 18.2. The van der Waals surface area contributed by atoms with Gasteiger partial charge in [0.15, 0.2) is 5.78 Å². The second kappa shape index (κ2) is 5.65. The molecule has 92 valence electrons. The van der Waals surface area contributed by atoms with Gasteiger partial charge in [0, 0.05) is 11.1 Å². The molecule has 0 bridgehead atoms. The minimum absolute atomic E-state index is 0.131. The first kappa shape index (κ1) is 12.6. The molecular weight excluding hydrogens is 238 g/mol. The van der Waals surface area contributed by atoms with Crippen molar-refractivity contribution >= 4 is 11.9 Å². The molecule has 0 aliphatic rings. The van der Waals surface area contributed by atoms with Gasteiger partial charge in [-0.15, -0.1) is 0 Å². The zero-order valence-electron chi connectivity index (χ0n) is 10.1. The fourth-order valence-corrected chi connectivity index (χ4v) is 1.60. The van der Waals surface area contributed by atoms with E-state index >= 15 is 0 Å². The van der Waals surface area contributed by atoms with Gasteiger partial charge >= 0.3 is 0 Å². The lowest BCUT2D eigenvalue weighted by molar-refractivity contribution is 0.104. The minimum Gasteiger partial charge on any atom is -0.507 e. The number of nitriles is 1. The largest absolute Gasteiger partial charge is 0.507 e. The van der Waals surface area contributed by atoms with Crippen molar-refractivity contribution < 1.29 is 9.90 Å². The molecule has 3 heteroatoms. The van der Waals surface area contributed by atoms with Gasteiger partial charge in [-0.25, -0.2) is 0 Å². The van der Waals surface area contributed by atoms with Gasteiger partial charge in [0.25, 0.3) is 0 Å². The van der Waals surface area contributed by atoms with Gasteiger partial charge in [-0.2, -0.15) is 5.26 Å². The summed E-state index contributed by atoms with van der Waals surface area (Å²) in [6.07, 6.45) is 2.96. The molecule has 0 atom stereocenters. The lowest BCUT2D eigenvalue weighted by Gasteiger charge is -1.98. The van der Waals surface area contributed by atoms with E-state index in [0.717, 1.165) is 0 Å². The maximum Gasteiger partial charge on any atom is 0.185 e. The number of rotatable bonds is 3. The number of nitrogens with zero attached hydrogens (tertiary/aromatic N) is 1. The third-order valence-electron chi connectivity index (χ3n) is 2.65. The fraction of sp³-hybridized carbons (Fsp3) is 0. The lowest BCUT2D eigenvalue weighted by atomic mass is 10.1. The number of aromatic hydroxyl groups is 1. The Balaban J connectivity index is 2.17. The van der Waals surface area contributed by atoms with Crippen LogP contribution < -0.4 is 0 Å². The Bertz CT molecular complexity index is 664. The highest BCUT2D eigenvalue weighted by Gasteiger charge is 2.02. The Morgan fingerprint density at radius 3 is 2.42 bits per heavy atom. The van der Waals surface area contributed by atoms with E-state index in [0.29, 0.717) is 16.7 Å². The van der Waals surface area contributed by atoms with Crippen LogP contribution in [-0.2, 0) is 0 Å². The molecule has 2 aromatic rings. The summed E-state index contributed by atoms with van der Waals surface area (Å²) in [5.41, 5.74) is 1.61. The highest BCUT2D eigenvalue weighted by Crippen LogP contribution is 2.17. The topological polar surface area (TPSA) is 61.1 Å². The van der Waals surface area contributed by atoms with Crippen LogP contribution in [-0.4, -0.2) is 10.9 Å². The van der Waals surface area contributed by atoms with Crippen LogP contribution in [0.25, 0.3) is 6.08 Å².